The fourth-order valence-electron chi connectivity index (χ4n) is 2.27. The minimum Gasteiger partial charge on any atom is -0.383 e. The van der Waals surface area contributed by atoms with Gasteiger partial charge in [0.05, 0.1) is 12.6 Å². The van der Waals surface area contributed by atoms with Gasteiger partial charge in [0.15, 0.2) is 0 Å². The van der Waals surface area contributed by atoms with E-state index in [1.165, 1.54) is 4.90 Å². The van der Waals surface area contributed by atoms with E-state index in [2.05, 4.69) is 35.8 Å². The van der Waals surface area contributed by atoms with Crippen LogP contribution in [0.15, 0.2) is 29.2 Å². The van der Waals surface area contributed by atoms with Crippen molar-refractivity contribution in [1.29, 1.82) is 0 Å². The number of benzene rings is 1. The monoisotopic (exact) mass is 280 g/mol. The topological polar surface area (TPSA) is 41.6 Å². The summed E-state index contributed by atoms with van der Waals surface area (Å²) in [4.78, 5) is 15.2. The van der Waals surface area contributed by atoms with Crippen molar-refractivity contribution in [3.8, 4) is 0 Å². The SMILES string of the molecule is COCCN1C(=O)C(C)NC1c1ccc(SC)cc1. The van der Waals surface area contributed by atoms with E-state index in [-0.39, 0.29) is 18.1 Å². The molecule has 4 nitrogen and oxygen atoms in total. The average molecular weight is 280 g/mol. The molecule has 1 aliphatic rings. The summed E-state index contributed by atoms with van der Waals surface area (Å²) < 4.78 is 5.08. The van der Waals surface area contributed by atoms with Gasteiger partial charge in [-0.2, -0.15) is 0 Å². The lowest BCUT2D eigenvalue weighted by Crippen LogP contribution is -2.33. The zero-order valence-electron chi connectivity index (χ0n) is 11.6. The van der Waals surface area contributed by atoms with E-state index in [4.69, 9.17) is 4.74 Å². The predicted octanol–water partition coefficient (Wildman–Crippen LogP) is 1.87. The number of thioether (sulfide) groups is 1. The van der Waals surface area contributed by atoms with Crippen LogP contribution in [0.4, 0.5) is 0 Å². The van der Waals surface area contributed by atoms with E-state index < -0.39 is 0 Å². The second-order valence-corrected chi connectivity index (χ2v) is 5.47. The molecular weight excluding hydrogens is 260 g/mol. The van der Waals surface area contributed by atoms with Crippen LogP contribution in [0.25, 0.3) is 0 Å². The first-order chi connectivity index (χ1) is 9.17. The van der Waals surface area contributed by atoms with Crippen molar-refractivity contribution in [2.45, 2.75) is 24.0 Å². The molecule has 1 aromatic carbocycles. The van der Waals surface area contributed by atoms with Crippen LogP contribution in [0.2, 0.25) is 0 Å². The number of nitrogens with one attached hydrogen (secondary N) is 1. The highest BCUT2D eigenvalue weighted by molar-refractivity contribution is 7.98. The number of methoxy groups -OCH3 is 1. The molecule has 2 rings (SSSR count). The molecule has 0 bridgehead atoms. The Balaban J connectivity index is 2.17. The minimum absolute atomic E-state index is 0.0476. The molecule has 0 saturated carbocycles. The van der Waals surface area contributed by atoms with Crippen LogP contribution in [0.3, 0.4) is 0 Å². The number of nitrogens with zero attached hydrogens (tertiary/aromatic N) is 1. The number of amides is 1. The molecule has 2 atom stereocenters. The Morgan fingerprint density at radius 2 is 2.05 bits per heavy atom. The number of hydrogen-bond acceptors (Lipinski definition) is 4. The molecular formula is C14H20N2O2S. The van der Waals surface area contributed by atoms with Crippen LogP contribution < -0.4 is 5.32 Å². The van der Waals surface area contributed by atoms with Gasteiger partial charge >= 0.3 is 0 Å². The van der Waals surface area contributed by atoms with Crippen molar-refractivity contribution in [1.82, 2.24) is 10.2 Å². The molecule has 1 N–H and O–H groups in total. The zero-order chi connectivity index (χ0) is 13.8. The van der Waals surface area contributed by atoms with Crippen LogP contribution in [0.1, 0.15) is 18.7 Å². The number of carbonyl (C=O) groups excluding carboxylic acids is 1. The molecule has 1 amide bonds. The molecule has 0 aromatic heterocycles. The van der Waals surface area contributed by atoms with Crippen LogP contribution >= 0.6 is 11.8 Å². The van der Waals surface area contributed by atoms with E-state index in [1.54, 1.807) is 18.9 Å². The first-order valence-corrected chi connectivity index (χ1v) is 7.59. The Bertz CT molecular complexity index is 436. The number of rotatable bonds is 5. The Hall–Kier alpha value is -1.04. The van der Waals surface area contributed by atoms with Gasteiger partial charge in [-0.1, -0.05) is 12.1 Å². The molecule has 5 heteroatoms. The standard InChI is InChI=1S/C14H20N2O2S/c1-10-14(17)16(8-9-18-2)13(15-10)11-4-6-12(19-3)7-5-11/h4-7,10,13,15H,8-9H2,1-3H3. The van der Waals surface area contributed by atoms with Crippen molar-refractivity contribution < 1.29 is 9.53 Å². The molecule has 0 spiro atoms. The first kappa shape index (κ1) is 14.4. The van der Waals surface area contributed by atoms with Gasteiger partial charge in [0.2, 0.25) is 5.91 Å². The second kappa shape index (κ2) is 6.41. The lowest BCUT2D eigenvalue weighted by molar-refractivity contribution is -0.130. The summed E-state index contributed by atoms with van der Waals surface area (Å²) >= 11 is 1.71. The van der Waals surface area contributed by atoms with E-state index in [0.29, 0.717) is 13.2 Å². The molecule has 0 radical (unpaired) electrons. The van der Waals surface area contributed by atoms with Crippen molar-refractivity contribution >= 4 is 17.7 Å². The highest BCUT2D eigenvalue weighted by Gasteiger charge is 2.36. The van der Waals surface area contributed by atoms with Gasteiger partial charge < -0.3 is 9.64 Å². The van der Waals surface area contributed by atoms with Crippen molar-refractivity contribution in [2.24, 2.45) is 0 Å². The molecule has 1 aliphatic heterocycles. The normalized spacial score (nSPS) is 23.1. The summed E-state index contributed by atoms with van der Waals surface area (Å²) in [6.45, 7) is 3.07. The van der Waals surface area contributed by atoms with E-state index in [9.17, 15) is 4.79 Å². The van der Waals surface area contributed by atoms with Crippen molar-refractivity contribution in [3.05, 3.63) is 29.8 Å². The van der Waals surface area contributed by atoms with E-state index >= 15 is 0 Å². The Kier molecular flexibility index (Phi) is 4.85. The number of carbonyl (C=O) groups is 1. The molecule has 104 valence electrons. The summed E-state index contributed by atoms with van der Waals surface area (Å²) in [6.07, 6.45) is 2.01. The summed E-state index contributed by atoms with van der Waals surface area (Å²) in [5.41, 5.74) is 1.12. The number of ether oxygens (including phenoxy) is 1. The summed E-state index contributed by atoms with van der Waals surface area (Å²) in [5.74, 6) is 0.135. The van der Waals surface area contributed by atoms with E-state index in [0.717, 1.165) is 5.56 Å². The van der Waals surface area contributed by atoms with Gasteiger partial charge in [-0.05, 0) is 30.9 Å². The molecule has 0 aliphatic carbocycles. The van der Waals surface area contributed by atoms with Gasteiger partial charge in [0.25, 0.3) is 0 Å². The Morgan fingerprint density at radius 1 is 1.37 bits per heavy atom. The maximum atomic E-state index is 12.1. The van der Waals surface area contributed by atoms with E-state index in [1.807, 2.05) is 11.8 Å². The first-order valence-electron chi connectivity index (χ1n) is 6.36. The molecule has 1 aromatic rings. The second-order valence-electron chi connectivity index (χ2n) is 4.59. The van der Waals surface area contributed by atoms with Gasteiger partial charge in [0, 0.05) is 18.6 Å². The Morgan fingerprint density at radius 3 is 2.63 bits per heavy atom. The molecule has 19 heavy (non-hydrogen) atoms. The fraction of sp³-hybridized carbons (Fsp3) is 0.500. The zero-order valence-corrected chi connectivity index (χ0v) is 12.4. The molecule has 1 heterocycles. The molecule has 2 unspecified atom stereocenters. The van der Waals surface area contributed by atoms with Gasteiger partial charge in [-0.15, -0.1) is 11.8 Å². The quantitative estimate of drug-likeness (QED) is 0.836. The Labute approximate surface area is 118 Å². The summed E-state index contributed by atoms with van der Waals surface area (Å²) in [6, 6.07) is 8.19. The molecule has 1 fully saturated rings. The van der Waals surface area contributed by atoms with Crippen LogP contribution in [0, 0.1) is 0 Å². The third-order valence-corrected chi connectivity index (χ3v) is 4.08. The third-order valence-electron chi connectivity index (χ3n) is 3.34. The van der Waals surface area contributed by atoms with Crippen molar-refractivity contribution in [2.75, 3.05) is 26.5 Å². The smallest absolute Gasteiger partial charge is 0.241 e. The summed E-state index contributed by atoms with van der Waals surface area (Å²) in [7, 11) is 1.65. The van der Waals surface area contributed by atoms with Crippen LogP contribution in [0.5, 0.6) is 0 Å². The summed E-state index contributed by atoms with van der Waals surface area (Å²) in [5, 5.41) is 3.33. The lowest BCUT2D eigenvalue weighted by Gasteiger charge is -2.24. The van der Waals surface area contributed by atoms with Gasteiger partial charge in [0.1, 0.15) is 6.17 Å². The maximum absolute atomic E-state index is 12.1. The van der Waals surface area contributed by atoms with Crippen molar-refractivity contribution in [3.63, 3.8) is 0 Å². The van der Waals surface area contributed by atoms with Crippen LogP contribution in [-0.4, -0.2) is 43.4 Å². The predicted molar refractivity (Wildman–Crippen MR) is 77.2 cm³/mol. The van der Waals surface area contributed by atoms with Crippen LogP contribution in [-0.2, 0) is 9.53 Å². The largest absolute Gasteiger partial charge is 0.383 e. The average Bonchev–Trinajstić information content (AvgIpc) is 2.73. The fourth-order valence-corrected chi connectivity index (χ4v) is 2.67. The minimum atomic E-state index is -0.137. The maximum Gasteiger partial charge on any atom is 0.241 e. The third kappa shape index (κ3) is 3.11. The molecule has 1 saturated heterocycles. The highest BCUT2D eigenvalue weighted by atomic mass is 32.2. The van der Waals surface area contributed by atoms with Gasteiger partial charge in [-0.25, -0.2) is 0 Å². The lowest BCUT2D eigenvalue weighted by atomic mass is 10.1. The highest BCUT2D eigenvalue weighted by Crippen LogP contribution is 2.26. The number of hydrogen-bond donors (Lipinski definition) is 1. The van der Waals surface area contributed by atoms with Gasteiger partial charge in [-0.3, -0.25) is 10.1 Å².